The molecule has 0 amide bonds. The molecule has 0 aliphatic heterocycles. The van der Waals surface area contributed by atoms with Gasteiger partial charge in [0.1, 0.15) is 0 Å². The van der Waals surface area contributed by atoms with Crippen molar-refractivity contribution in [1.29, 1.82) is 0 Å². The van der Waals surface area contributed by atoms with E-state index in [9.17, 15) is 0 Å². The van der Waals surface area contributed by atoms with E-state index in [1.807, 2.05) is 20.8 Å². The van der Waals surface area contributed by atoms with Gasteiger partial charge in [-0.2, -0.15) is 15.0 Å². The van der Waals surface area contributed by atoms with Gasteiger partial charge in [-0.15, -0.1) is 0 Å². The Morgan fingerprint density at radius 1 is 1.22 bits per heavy atom. The van der Waals surface area contributed by atoms with Gasteiger partial charge >= 0.3 is 6.01 Å². The molecule has 0 aromatic carbocycles. The molecule has 0 bridgehead atoms. The highest BCUT2D eigenvalue weighted by atomic mass is 16.5. The van der Waals surface area contributed by atoms with E-state index in [2.05, 4.69) is 25.6 Å². The Balaban J connectivity index is 2.90. The van der Waals surface area contributed by atoms with Gasteiger partial charge in [-0.25, -0.2) is 0 Å². The van der Waals surface area contributed by atoms with Crippen LogP contribution in [-0.4, -0.2) is 45.9 Å². The second-order valence-corrected chi connectivity index (χ2v) is 4.48. The summed E-state index contributed by atoms with van der Waals surface area (Å²) in [6.45, 7) is 6.70. The zero-order chi connectivity index (χ0) is 13.6. The van der Waals surface area contributed by atoms with Crippen LogP contribution < -0.4 is 15.4 Å². The van der Waals surface area contributed by atoms with Crippen molar-refractivity contribution in [1.82, 2.24) is 15.0 Å². The number of anilines is 2. The smallest absolute Gasteiger partial charge is 0.322 e. The molecule has 1 rings (SSSR count). The molecule has 1 aromatic heterocycles. The molecule has 7 heteroatoms. The van der Waals surface area contributed by atoms with Crippen molar-refractivity contribution in [2.75, 3.05) is 30.9 Å². The van der Waals surface area contributed by atoms with E-state index in [0.717, 1.165) is 0 Å². The molecule has 0 fully saturated rings. The fourth-order valence-corrected chi connectivity index (χ4v) is 1.39. The van der Waals surface area contributed by atoms with Crippen molar-refractivity contribution >= 4 is 11.9 Å². The summed E-state index contributed by atoms with van der Waals surface area (Å²) in [7, 11) is 1.51. The van der Waals surface area contributed by atoms with E-state index in [1.165, 1.54) is 7.11 Å². The molecule has 0 radical (unpaired) electrons. The van der Waals surface area contributed by atoms with Crippen molar-refractivity contribution in [3.63, 3.8) is 0 Å². The highest BCUT2D eigenvalue weighted by Gasteiger charge is 2.19. The lowest BCUT2D eigenvalue weighted by Gasteiger charge is -2.25. The van der Waals surface area contributed by atoms with Crippen LogP contribution in [0, 0.1) is 0 Å². The molecule has 0 unspecified atom stereocenters. The fraction of sp³-hybridized carbons (Fsp3) is 0.727. The molecular formula is C11H21N5O2. The van der Waals surface area contributed by atoms with Crippen LogP contribution in [-0.2, 0) is 0 Å². The highest BCUT2D eigenvalue weighted by Crippen LogP contribution is 2.17. The summed E-state index contributed by atoms with van der Waals surface area (Å²) < 4.78 is 5.02. The molecule has 1 aromatic rings. The molecule has 3 N–H and O–H groups in total. The zero-order valence-electron chi connectivity index (χ0n) is 11.3. The van der Waals surface area contributed by atoms with Gasteiger partial charge in [-0.05, 0) is 27.2 Å². The number of hydrogen-bond donors (Lipinski definition) is 3. The summed E-state index contributed by atoms with van der Waals surface area (Å²) in [5.41, 5.74) is -0.301. The van der Waals surface area contributed by atoms with E-state index < -0.39 is 0 Å². The van der Waals surface area contributed by atoms with Crippen LogP contribution >= 0.6 is 0 Å². The molecule has 0 spiro atoms. The van der Waals surface area contributed by atoms with Crippen molar-refractivity contribution in [2.45, 2.75) is 32.7 Å². The standard InChI is InChI=1S/C11H21N5O2/c1-5-12-8-13-9(15-10(14-8)18-4)16-11(2,3)6-7-17/h17H,5-7H2,1-4H3,(H2,12,13,14,15,16). The van der Waals surface area contributed by atoms with Crippen LogP contribution in [0.15, 0.2) is 0 Å². The van der Waals surface area contributed by atoms with Gasteiger partial charge < -0.3 is 20.5 Å². The van der Waals surface area contributed by atoms with Crippen molar-refractivity contribution in [3.8, 4) is 6.01 Å². The summed E-state index contributed by atoms with van der Waals surface area (Å²) >= 11 is 0. The van der Waals surface area contributed by atoms with Gasteiger partial charge in [0.2, 0.25) is 11.9 Å². The molecule has 0 saturated heterocycles. The normalized spacial score (nSPS) is 11.2. The van der Waals surface area contributed by atoms with E-state index in [-0.39, 0.29) is 18.2 Å². The third kappa shape index (κ3) is 4.33. The van der Waals surface area contributed by atoms with Crippen LogP contribution in [0.25, 0.3) is 0 Å². The lowest BCUT2D eigenvalue weighted by molar-refractivity contribution is 0.260. The first kappa shape index (κ1) is 14.4. The maximum absolute atomic E-state index is 8.99. The number of methoxy groups -OCH3 is 1. The zero-order valence-corrected chi connectivity index (χ0v) is 11.3. The number of rotatable bonds is 7. The molecule has 0 aliphatic rings. The molecule has 0 aliphatic carbocycles. The molecule has 0 atom stereocenters. The van der Waals surface area contributed by atoms with Crippen LogP contribution in [0.4, 0.5) is 11.9 Å². The van der Waals surface area contributed by atoms with Gasteiger partial charge in [0.15, 0.2) is 0 Å². The van der Waals surface area contributed by atoms with Crippen molar-refractivity contribution in [2.24, 2.45) is 0 Å². The third-order valence-electron chi connectivity index (χ3n) is 2.32. The average molecular weight is 255 g/mol. The van der Waals surface area contributed by atoms with Crippen LogP contribution in [0.1, 0.15) is 27.2 Å². The van der Waals surface area contributed by atoms with Crippen molar-refractivity contribution < 1.29 is 9.84 Å². The van der Waals surface area contributed by atoms with E-state index >= 15 is 0 Å². The van der Waals surface area contributed by atoms with Gasteiger partial charge in [0, 0.05) is 18.7 Å². The summed E-state index contributed by atoms with van der Waals surface area (Å²) in [6, 6.07) is 0.253. The number of nitrogens with zero attached hydrogens (tertiary/aromatic N) is 3. The summed E-state index contributed by atoms with van der Waals surface area (Å²) in [5.74, 6) is 0.892. The Kier molecular flexibility index (Phi) is 5.08. The summed E-state index contributed by atoms with van der Waals surface area (Å²) in [4.78, 5) is 12.4. The SMILES string of the molecule is CCNc1nc(NC(C)(C)CCO)nc(OC)n1. The molecule has 18 heavy (non-hydrogen) atoms. The lowest BCUT2D eigenvalue weighted by atomic mass is 10.0. The number of aromatic nitrogens is 3. The third-order valence-corrected chi connectivity index (χ3v) is 2.32. The number of ether oxygens (including phenoxy) is 1. The highest BCUT2D eigenvalue weighted by molar-refractivity contribution is 5.37. The first-order valence-corrected chi connectivity index (χ1v) is 5.93. The monoisotopic (exact) mass is 255 g/mol. The molecule has 7 nitrogen and oxygen atoms in total. The maximum Gasteiger partial charge on any atom is 0.322 e. The molecule has 0 saturated carbocycles. The largest absolute Gasteiger partial charge is 0.467 e. The number of hydrogen-bond acceptors (Lipinski definition) is 7. The summed E-state index contributed by atoms with van der Waals surface area (Å²) in [6.07, 6.45) is 0.595. The molecule has 1 heterocycles. The number of nitrogens with one attached hydrogen (secondary N) is 2. The topological polar surface area (TPSA) is 92.2 Å². The Morgan fingerprint density at radius 3 is 2.44 bits per heavy atom. The minimum absolute atomic E-state index is 0.0995. The fourth-order valence-electron chi connectivity index (χ4n) is 1.39. The predicted octanol–water partition coefficient (Wildman–Crippen LogP) is 0.885. The molecule has 102 valence electrons. The van der Waals surface area contributed by atoms with Crippen LogP contribution in [0.3, 0.4) is 0 Å². The van der Waals surface area contributed by atoms with Crippen LogP contribution in [0.5, 0.6) is 6.01 Å². The van der Waals surface area contributed by atoms with Crippen molar-refractivity contribution in [3.05, 3.63) is 0 Å². The quantitative estimate of drug-likeness (QED) is 0.666. The average Bonchev–Trinajstić information content (AvgIpc) is 2.28. The Morgan fingerprint density at radius 2 is 1.89 bits per heavy atom. The minimum Gasteiger partial charge on any atom is -0.467 e. The van der Waals surface area contributed by atoms with E-state index in [4.69, 9.17) is 9.84 Å². The van der Waals surface area contributed by atoms with Gasteiger partial charge in [-0.3, -0.25) is 0 Å². The van der Waals surface area contributed by atoms with Gasteiger partial charge in [0.25, 0.3) is 0 Å². The first-order valence-electron chi connectivity index (χ1n) is 5.93. The maximum atomic E-state index is 8.99. The number of aliphatic hydroxyl groups excluding tert-OH is 1. The van der Waals surface area contributed by atoms with Crippen LogP contribution in [0.2, 0.25) is 0 Å². The van der Waals surface area contributed by atoms with E-state index in [0.29, 0.717) is 24.9 Å². The lowest BCUT2D eigenvalue weighted by Crippen LogP contribution is -2.33. The Labute approximate surface area is 107 Å². The Bertz CT molecular complexity index is 384. The second kappa shape index (κ2) is 6.34. The summed E-state index contributed by atoms with van der Waals surface area (Å²) in [5, 5.41) is 15.1. The second-order valence-electron chi connectivity index (χ2n) is 4.48. The first-order chi connectivity index (χ1) is 8.50. The van der Waals surface area contributed by atoms with Gasteiger partial charge in [0.05, 0.1) is 7.11 Å². The number of aliphatic hydroxyl groups is 1. The van der Waals surface area contributed by atoms with Gasteiger partial charge in [-0.1, -0.05) is 0 Å². The molecular weight excluding hydrogens is 234 g/mol. The van der Waals surface area contributed by atoms with E-state index in [1.54, 1.807) is 0 Å². The predicted molar refractivity (Wildman–Crippen MR) is 69.9 cm³/mol. The Hall–Kier alpha value is -1.63. The minimum atomic E-state index is -0.301.